The van der Waals surface area contributed by atoms with Gasteiger partial charge in [0.15, 0.2) is 11.8 Å². The topological polar surface area (TPSA) is 87.7 Å². The summed E-state index contributed by atoms with van der Waals surface area (Å²) >= 11 is 0. The molecule has 1 saturated heterocycles. The molecule has 8 nitrogen and oxygen atoms in total. The van der Waals surface area contributed by atoms with Gasteiger partial charge in [-0.2, -0.15) is 5.10 Å². The summed E-state index contributed by atoms with van der Waals surface area (Å²) in [4.78, 5) is 11.4. The molecule has 2 aromatic rings. The first kappa shape index (κ1) is 20.3. The molecule has 3 rings (SSSR count). The van der Waals surface area contributed by atoms with Crippen molar-refractivity contribution in [2.75, 3.05) is 46.6 Å². The Morgan fingerprint density at radius 2 is 2.32 bits per heavy atom. The number of aliphatic imine (C=N–C) groups is 1. The van der Waals surface area contributed by atoms with Gasteiger partial charge in [-0.15, -0.1) is 0 Å². The molecule has 8 heteroatoms. The van der Waals surface area contributed by atoms with Crippen LogP contribution in [0.4, 0.5) is 0 Å². The summed E-state index contributed by atoms with van der Waals surface area (Å²) in [5.74, 6) is 2.27. The van der Waals surface area contributed by atoms with Crippen LogP contribution in [-0.2, 0) is 16.0 Å². The molecule has 1 aliphatic heterocycles. The van der Waals surface area contributed by atoms with Gasteiger partial charge in [-0.3, -0.25) is 5.10 Å². The van der Waals surface area contributed by atoms with Crippen LogP contribution < -0.4 is 5.32 Å². The van der Waals surface area contributed by atoms with Crippen molar-refractivity contribution < 1.29 is 9.47 Å². The van der Waals surface area contributed by atoms with Crippen LogP contribution in [0.5, 0.6) is 0 Å². The Balaban J connectivity index is 1.58. The molecule has 28 heavy (non-hydrogen) atoms. The van der Waals surface area contributed by atoms with E-state index in [1.807, 2.05) is 12.1 Å². The van der Waals surface area contributed by atoms with Crippen LogP contribution >= 0.6 is 0 Å². The molecule has 0 radical (unpaired) electrons. The molecule has 2 N–H and O–H groups in total. The number of H-pyrrole nitrogens is 1. The maximum absolute atomic E-state index is 5.70. The van der Waals surface area contributed by atoms with E-state index in [2.05, 4.69) is 44.5 Å². The number of methoxy groups -OCH3 is 1. The van der Waals surface area contributed by atoms with Crippen molar-refractivity contribution in [2.24, 2.45) is 10.9 Å². The van der Waals surface area contributed by atoms with E-state index in [1.54, 1.807) is 7.11 Å². The third-order valence-corrected chi connectivity index (χ3v) is 4.73. The second-order valence-electron chi connectivity index (χ2n) is 6.87. The number of aromatic amines is 1. The molecule has 2 heterocycles. The summed E-state index contributed by atoms with van der Waals surface area (Å²) in [6, 6.07) is 8.24. The first-order chi connectivity index (χ1) is 13.8. The van der Waals surface area contributed by atoms with E-state index in [0.29, 0.717) is 25.7 Å². The minimum Gasteiger partial charge on any atom is -0.382 e. The Hall–Kier alpha value is -2.45. The van der Waals surface area contributed by atoms with E-state index in [1.165, 1.54) is 6.33 Å². The SMILES string of the molecule is CCNC(=NCc1cccc(-c2ncn[nH]2)c1)N1CCC(COCCOC)C1. The molecule has 1 aliphatic rings. The van der Waals surface area contributed by atoms with E-state index in [4.69, 9.17) is 14.5 Å². The van der Waals surface area contributed by atoms with Gasteiger partial charge in [0, 0.05) is 38.2 Å². The van der Waals surface area contributed by atoms with Gasteiger partial charge >= 0.3 is 0 Å². The van der Waals surface area contributed by atoms with Crippen LogP contribution in [0.15, 0.2) is 35.6 Å². The maximum Gasteiger partial charge on any atom is 0.194 e. The highest BCUT2D eigenvalue weighted by atomic mass is 16.5. The highest BCUT2D eigenvalue weighted by molar-refractivity contribution is 5.80. The first-order valence-electron chi connectivity index (χ1n) is 9.84. The molecule has 1 atom stereocenters. The minimum absolute atomic E-state index is 0.537. The third kappa shape index (κ3) is 5.77. The van der Waals surface area contributed by atoms with Crippen molar-refractivity contribution in [3.05, 3.63) is 36.2 Å². The molecule has 1 aromatic carbocycles. The van der Waals surface area contributed by atoms with Crippen LogP contribution in [0, 0.1) is 5.92 Å². The highest BCUT2D eigenvalue weighted by Gasteiger charge is 2.24. The quantitative estimate of drug-likeness (QED) is 0.389. The van der Waals surface area contributed by atoms with Crippen molar-refractivity contribution >= 4 is 5.96 Å². The zero-order chi connectivity index (χ0) is 19.6. The molecular formula is C20H30N6O2. The number of rotatable bonds is 9. The number of nitrogens with zero attached hydrogens (tertiary/aromatic N) is 4. The molecule has 152 valence electrons. The average Bonchev–Trinajstić information content (AvgIpc) is 3.41. The predicted molar refractivity (Wildman–Crippen MR) is 109 cm³/mol. The zero-order valence-corrected chi connectivity index (χ0v) is 16.7. The smallest absolute Gasteiger partial charge is 0.194 e. The molecular weight excluding hydrogens is 356 g/mol. The summed E-state index contributed by atoms with van der Waals surface area (Å²) in [6.07, 6.45) is 2.64. The Morgan fingerprint density at radius 3 is 3.11 bits per heavy atom. The van der Waals surface area contributed by atoms with Crippen LogP contribution in [-0.4, -0.2) is 72.6 Å². The summed E-state index contributed by atoms with van der Waals surface area (Å²) < 4.78 is 10.7. The molecule has 1 aromatic heterocycles. The summed E-state index contributed by atoms with van der Waals surface area (Å²) in [7, 11) is 1.70. The van der Waals surface area contributed by atoms with E-state index in [0.717, 1.165) is 55.6 Å². The highest BCUT2D eigenvalue weighted by Crippen LogP contribution is 2.18. The minimum atomic E-state index is 0.537. The second-order valence-corrected chi connectivity index (χ2v) is 6.87. The Morgan fingerprint density at radius 1 is 1.39 bits per heavy atom. The lowest BCUT2D eigenvalue weighted by atomic mass is 10.1. The van der Waals surface area contributed by atoms with E-state index < -0.39 is 0 Å². The molecule has 0 bridgehead atoms. The average molecular weight is 387 g/mol. The van der Waals surface area contributed by atoms with Gasteiger partial charge in [-0.05, 0) is 25.0 Å². The largest absolute Gasteiger partial charge is 0.382 e. The summed E-state index contributed by atoms with van der Waals surface area (Å²) in [6.45, 7) is 7.62. The summed E-state index contributed by atoms with van der Waals surface area (Å²) in [5.41, 5.74) is 2.16. The number of ether oxygens (including phenoxy) is 2. The van der Waals surface area contributed by atoms with Gasteiger partial charge in [0.2, 0.25) is 0 Å². The fraction of sp³-hybridized carbons (Fsp3) is 0.550. The molecule has 1 unspecified atom stereocenters. The van der Waals surface area contributed by atoms with Crippen molar-refractivity contribution in [3.63, 3.8) is 0 Å². The lowest BCUT2D eigenvalue weighted by molar-refractivity contribution is 0.0536. The number of hydrogen-bond donors (Lipinski definition) is 2. The molecule has 0 saturated carbocycles. The number of aromatic nitrogens is 3. The second kappa shape index (κ2) is 10.8. The summed E-state index contributed by atoms with van der Waals surface area (Å²) in [5, 5.41) is 10.2. The van der Waals surface area contributed by atoms with Gasteiger partial charge in [-0.1, -0.05) is 18.2 Å². The number of nitrogens with one attached hydrogen (secondary N) is 2. The van der Waals surface area contributed by atoms with Crippen LogP contribution in [0.1, 0.15) is 18.9 Å². The van der Waals surface area contributed by atoms with Crippen molar-refractivity contribution in [2.45, 2.75) is 19.9 Å². The lowest BCUT2D eigenvalue weighted by Gasteiger charge is -2.21. The molecule has 0 spiro atoms. The predicted octanol–water partition coefficient (Wildman–Crippen LogP) is 1.92. The number of benzene rings is 1. The first-order valence-corrected chi connectivity index (χ1v) is 9.84. The number of hydrogen-bond acceptors (Lipinski definition) is 5. The van der Waals surface area contributed by atoms with E-state index >= 15 is 0 Å². The van der Waals surface area contributed by atoms with Crippen LogP contribution in [0.2, 0.25) is 0 Å². The Bertz CT molecular complexity index is 734. The zero-order valence-electron chi connectivity index (χ0n) is 16.7. The normalized spacial score (nSPS) is 17.3. The molecule has 0 aliphatic carbocycles. The fourth-order valence-electron chi connectivity index (χ4n) is 3.31. The molecule has 1 fully saturated rings. The van der Waals surface area contributed by atoms with Crippen LogP contribution in [0.25, 0.3) is 11.4 Å². The number of guanidine groups is 1. The van der Waals surface area contributed by atoms with E-state index in [-0.39, 0.29) is 0 Å². The Labute approximate surface area is 166 Å². The van der Waals surface area contributed by atoms with Gasteiger partial charge in [-0.25, -0.2) is 9.98 Å². The van der Waals surface area contributed by atoms with Gasteiger partial charge in [0.1, 0.15) is 6.33 Å². The van der Waals surface area contributed by atoms with Crippen LogP contribution in [0.3, 0.4) is 0 Å². The van der Waals surface area contributed by atoms with Crippen molar-refractivity contribution in [1.29, 1.82) is 0 Å². The van der Waals surface area contributed by atoms with Crippen molar-refractivity contribution in [3.8, 4) is 11.4 Å². The fourth-order valence-corrected chi connectivity index (χ4v) is 3.31. The monoisotopic (exact) mass is 386 g/mol. The Kier molecular flexibility index (Phi) is 7.81. The standard InChI is InChI=1S/C20H30N6O2/c1-3-21-20(26-8-7-17(13-26)14-28-10-9-27-2)22-12-16-5-4-6-18(11-16)19-23-15-24-25-19/h4-6,11,15,17H,3,7-10,12-14H2,1-2H3,(H,21,22)(H,23,24,25). The van der Waals surface area contributed by atoms with Crippen molar-refractivity contribution in [1.82, 2.24) is 25.4 Å². The van der Waals surface area contributed by atoms with Gasteiger partial charge in [0.05, 0.1) is 26.4 Å². The van der Waals surface area contributed by atoms with Gasteiger partial charge < -0.3 is 19.7 Å². The number of likely N-dealkylation sites (tertiary alicyclic amines) is 1. The van der Waals surface area contributed by atoms with E-state index in [9.17, 15) is 0 Å². The maximum atomic E-state index is 5.70. The lowest BCUT2D eigenvalue weighted by Crippen LogP contribution is -2.40. The van der Waals surface area contributed by atoms with Gasteiger partial charge in [0.25, 0.3) is 0 Å². The third-order valence-electron chi connectivity index (χ3n) is 4.73. The molecule has 0 amide bonds.